The molecule has 0 saturated carbocycles. The number of hydrogen-bond acceptors (Lipinski definition) is 3. The van der Waals surface area contributed by atoms with Crippen LogP contribution >= 0.6 is 23.4 Å². The summed E-state index contributed by atoms with van der Waals surface area (Å²) in [6.07, 6.45) is 0. The molecule has 3 nitrogen and oxygen atoms in total. The van der Waals surface area contributed by atoms with E-state index in [2.05, 4.69) is 11.4 Å². The van der Waals surface area contributed by atoms with Gasteiger partial charge in [-0.25, -0.2) is 0 Å². The van der Waals surface area contributed by atoms with Crippen LogP contribution < -0.4 is 10.1 Å². The number of thioether (sulfide) groups is 1. The summed E-state index contributed by atoms with van der Waals surface area (Å²) in [5.41, 5.74) is 4.60. The number of benzene rings is 3. The maximum absolute atomic E-state index is 12.7. The van der Waals surface area contributed by atoms with E-state index in [1.54, 1.807) is 24.9 Å². The maximum atomic E-state index is 12.7. The Balaban J connectivity index is 1.77. The second kappa shape index (κ2) is 9.18. The number of ether oxygens (including phenoxy) is 1. The van der Waals surface area contributed by atoms with Gasteiger partial charge in [0.15, 0.2) is 0 Å². The molecule has 3 aromatic rings. The van der Waals surface area contributed by atoms with Gasteiger partial charge in [0.1, 0.15) is 5.75 Å². The fourth-order valence-electron chi connectivity index (χ4n) is 2.97. The van der Waals surface area contributed by atoms with Crippen LogP contribution in [0.4, 0.5) is 5.69 Å². The van der Waals surface area contributed by atoms with E-state index in [0.717, 1.165) is 33.0 Å². The van der Waals surface area contributed by atoms with Crippen LogP contribution in [0.2, 0.25) is 5.02 Å². The molecule has 3 rings (SSSR count). The lowest BCUT2D eigenvalue weighted by molar-refractivity contribution is 0.102. The fourth-order valence-corrected chi connectivity index (χ4v) is 3.98. The molecule has 1 N–H and O–H groups in total. The SMILES string of the molecule is COc1ccc(C(=O)Nc2cc(C)cc(C)c2)cc1CSc1ccc(Cl)cc1. The Bertz CT molecular complexity index is 966. The number of carbonyl (C=O) groups excluding carboxylic acids is 1. The van der Waals surface area contributed by atoms with Crippen LogP contribution in [-0.2, 0) is 5.75 Å². The van der Waals surface area contributed by atoms with Gasteiger partial charge in [0.25, 0.3) is 5.91 Å². The van der Waals surface area contributed by atoms with E-state index in [0.29, 0.717) is 16.3 Å². The highest BCUT2D eigenvalue weighted by atomic mass is 35.5. The van der Waals surface area contributed by atoms with E-state index in [-0.39, 0.29) is 5.91 Å². The molecule has 0 aromatic heterocycles. The van der Waals surface area contributed by atoms with Gasteiger partial charge >= 0.3 is 0 Å². The topological polar surface area (TPSA) is 38.3 Å². The summed E-state index contributed by atoms with van der Waals surface area (Å²) in [6.45, 7) is 4.03. The molecule has 0 saturated heterocycles. The smallest absolute Gasteiger partial charge is 0.255 e. The van der Waals surface area contributed by atoms with Crippen molar-refractivity contribution < 1.29 is 9.53 Å². The maximum Gasteiger partial charge on any atom is 0.255 e. The van der Waals surface area contributed by atoms with Gasteiger partial charge in [0.2, 0.25) is 0 Å². The molecule has 0 bridgehead atoms. The second-order valence-corrected chi connectivity index (χ2v) is 8.08. The molecule has 5 heteroatoms. The van der Waals surface area contributed by atoms with Crippen molar-refractivity contribution in [3.63, 3.8) is 0 Å². The first kappa shape index (κ1) is 20.3. The molecule has 0 heterocycles. The Kier molecular flexibility index (Phi) is 6.65. The Morgan fingerprint density at radius 1 is 1.00 bits per heavy atom. The molecular formula is C23H22ClNO2S. The number of halogens is 1. The predicted octanol–water partition coefficient (Wildman–Crippen LogP) is 6.51. The average molecular weight is 412 g/mol. The molecule has 0 atom stereocenters. The summed E-state index contributed by atoms with van der Waals surface area (Å²) in [7, 11) is 1.64. The van der Waals surface area contributed by atoms with Crippen molar-refractivity contribution >= 4 is 35.0 Å². The zero-order valence-electron chi connectivity index (χ0n) is 16.1. The van der Waals surface area contributed by atoms with Gasteiger partial charge in [0.05, 0.1) is 7.11 Å². The van der Waals surface area contributed by atoms with Gasteiger partial charge in [-0.2, -0.15) is 0 Å². The molecule has 0 fully saturated rings. The van der Waals surface area contributed by atoms with E-state index in [1.807, 2.05) is 62.4 Å². The molecule has 0 radical (unpaired) electrons. The Morgan fingerprint density at radius 2 is 1.68 bits per heavy atom. The minimum atomic E-state index is -0.134. The molecule has 28 heavy (non-hydrogen) atoms. The standard InChI is InChI=1S/C23H22ClNO2S/c1-15-10-16(2)12-20(11-15)25-23(26)17-4-9-22(27-3)18(13-17)14-28-21-7-5-19(24)6-8-21/h4-13H,14H2,1-3H3,(H,25,26). The molecule has 144 valence electrons. The highest BCUT2D eigenvalue weighted by molar-refractivity contribution is 7.98. The molecule has 0 spiro atoms. The van der Waals surface area contributed by atoms with Crippen LogP contribution in [0, 0.1) is 13.8 Å². The van der Waals surface area contributed by atoms with E-state index in [4.69, 9.17) is 16.3 Å². The zero-order valence-corrected chi connectivity index (χ0v) is 17.7. The van der Waals surface area contributed by atoms with Gasteiger partial charge in [-0.05, 0) is 79.6 Å². The third-order valence-corrected chi connectivity index (χ3v) is 5.54. The quantitative estimate of drug-likeness (QED) is 0.470. The van der Waals surface area contributed by atoms with E-state index in [9.17, 15) is 4.79 Å². The van der Waals surface area contributed by atoms with Crippen molar-refractivity contribution in [3.8, 4) is 5.75 Å². The molecule has 3 aromatic carbocycles. The van der Waals surface area contributed by atoms with Crippen molar-refractivity contribution in [1.82, 2.24) is 0 Å². The van der Waals surface area contributed by atoms with Gasteiger partial charge in [-0.3, -0.25) is 4.79 Å². The monoisotopic (exact) mass is 411 g/mol. The first-order valence-corrected chi connectivity index (χ1v) is 10.3. The summed E-state index contributed by atoms with van der Waals surface area (Å²) < 4.78 is 5.47. The number of aryl methyl sites for hydroxylation is 2. The molecule has 1 amide bonds. The fraction of sp³-hybridized carbons (Fsp3) is 0.174. The normalized spacial score (nSPS) is 10.6. The lowest BCUT2D eigenvalue weighted by Gasteiger charge is -2.12. The minimum Gasteiger partial charge on any atom is -0.496 e. The number of rotatable bonds is 6. The highest BCUT2D eigenvalue weighted by Crippen LogP contribution is 2.30. The van der Waals surface area contributed by atoms with Crippen molar-refractivity contribution in [2.75, 3.05) is 12.4 Å². The van der Waals surface area contributed by atoms with Crippen LogP contribution in [0.5, 0.6) is 5.75 Å². The summed E-state index contributed by atoms with van der Waals surface area (Å²) in [4.78, 5) is 13.8. The number of anilines is 1. The van der Waals surface area contributed by atoms with Crippen molar-refractivity contribution in [3.05, 3.63) is 87.9 Å². The first-order valence-electron chi connectivity index (χ1n) is 8.89. The second-order valence-electron chi connectivity index (χ2n) is 6.60. The van der Waals surface area contributed by atoms with Crippen LogP contribution in [0.3, 0.4) is 0 Å². The van der Waals surface area contributed by atoms with Crippen molar-refractivity contribution in [2.24, 2.45) is 0 Å². The Labute approximate surface area is 175 Å². The van der Waals surface area contributed by atoms with Crippen LogP contribution in [0.1, 0.15) is 27.0 Å². The lowest BCUT2D eigenvalue weighted by atomic mass is 10.1. The van der Waals surface area contributed by atoms with Crippen LogP contribution in [0.15, 0.2) is 65.6 Å². The molecule has 0 aliphatic heterocycles. The lowest BCUT2D eigenvalue weighted by Crippen LogP contribution is -2.12. The van der Waals surface area contributed by atoms with E-state index >= 15 is 0 Å². The van der Waals surface area contributed by atoms with E-state index in [1.165, 1.54) is 0 Å². The molecule has 0 aliphatic rings. The van der Waals surface area contributed by atoms with Crippen molar-refractivity contribution in [1.29, 1.82) is 0 Å². The highest BCUT2D eigenvalue weighted by Gasteiger charge is 2.12. The van der Waals surface area contributed by atoms with Gasteiger partial charge < -0.3 is 10.1 Å². The van der Waals surface area contributed by atoms with Gasteiger partial charge in [-0.1, -0.05) is 17.7 Å². The number of nitrogens with one attached hydrogen (secondary N) is 1. The first-order chi connectivity index (χ1) is 13.4. The van der Waals surface area contributed by atoms with Crippen LogP contribution in [0.25, 0.3) is 0 Å². The zero-order chi connectivity index (χ0) is 20.1. The summed E-state index contributed by atoms with van der Waals surface area (Å²) in [5, 5.41) is 3.70. The summed E-state index contributed by atoms with van der Waals surface area (Å²) >= 11 is 7.61. The molecule has 0 unspecified atom stereocenters. The number of carbonyl (C=O) groups is 1. The Morgan fingerprint density at radius 3 is 2.32 bits per heavy atom. The van der Waals surface area contributed by atoms with Crippen LogP contribution in [-0.4, -0.2) is 13.0 Å². The average Bonchev–Trinajstić information content (AvgIpc) is 2.66. The summed E-state index contributed by atoms with van der Waals surface area (Å²) in [6, 6.07) is 19.2. The third kappa shape index (κ3) is 5.31. The largest absolute Gasteiger partial charge is 0.496 e. The minimum absolute atomic E-state index is 0.134. The number of amides is 1. The summed E-state index contributed by atoms with van der Waals surface area (Å²) in [5.74, 6) is 1.32. The number of methoxy groups -OCH3 is 1. The molecular weight excluding hydrogens is 390 g/mol. The third-order valence-electron chi connectivity index (χ3n) is 4.23. The van der Waals surface area contributed by atoms with E-state index < -0.39 is 0 Å². The van der Waals surface area contributed by atoms with Crippen molar-refractivity contribution in [2.45, 2.75) is 24.5 Å². The Hall–Kier alpha value is -2.43. The predicted molar refractivity (Wildman–Crippen MR) is 118 cm³/mol. The molecule has 0 aliphatic carbocycles. The van der Waals surface area contributed by atoms with Gasteiger partial charge in [-0.15, -0.1) is 11.8 Å². The van der Waals surface area contributed by atoms with Gasteiger partial charge in [0, 0.05) is 32.5 Å². The number of hydrogen-bond donors (Lipinski definition) is 1.